The normalized spacial score (nSPS) is 14.8. The van der Waals surface area contributed by atoms with Gasteiger partial charge in [0.25, 0.3) is 0 Å². The first-order valence-electron chi connectivity index (χ1n) is 4.99. The highest BCUT2D eigenvalue weighted by molar-refractivity contribution is 7.09. The van der Waals surface area contributed by atoms with Crippen molar-refractivity contribution in [1.29, 1.82) is 0 Å². The van der Waals surface area contributed by atoms with Crippen LogP contribution >= 0.6 is 11.3 Å². The van der Waals surface area contributed by atoms with Gasteiger partial charge in [0.2, 0.25) is 0 Å². The van der Waals surface area contributed by atoms with Crippen LogP contribution in [0.3, 0.4) is 0 Å². The average Bonchev–Trinajstić information content (AvgIpc) is 2.82. The Morgan fingerprint density at radius 3 is 2.60 bits per heavy atom. The first-order valence-corrected chi connectivity index (χ1v) is 5.87. The predicted molar refractivity (Wildman–Crippen MR) is 63.9 cm³/mol. The molecule has 0 fully saturated rings. The van der Waals surface area contributed by atoms with Crippen LogP contribution in [0.4, 0.5) is 0 Å². The van der Waals surface area contributed by atoms with E-state index in [1.165, 1.54) is 5.56 Å². The Labute approximate surface area is 93.8 Å². The van der Waals surface area contributed by atoms with E-state index in [9.17, 15) is 0 Å². The van der Waals surface area contributed by atoms with Gasteiger partial charge in [0.05, 0.1) is 6.04 Å². The molecule has 2 nitrogen and oxygen atoms in total. The summed E-state index contributed by atoms with van der Waals surface area (Å²) in [4.78, 5) is 4.26. The second kappa shape index (κ2) is 4.55. The van der Waals surface area contributed by atoms with Crippen molar-refractivity contribution < 1.29 is 0 Å². The lowest BCUT2D eigenvalue weighted by Gasteiger charge is -2.17. The fourth-order valence-electron chi connectivity index (χ4n) is 1.58. The molecule has 1 aromatic heterocycles. The molecule has 2 atom stereocenters. The van der Waals surface area contributed by atoms with Crippen molar-refractivity contribution in [3.8, 4) is 0 Å². The SMILES string of the molecule is CC(c1ccccc1)C(N)c1nccs1. The molecule has 0 saturated heterocycles. The molecule has 0 aliphatic carbocycles. The Hall–Kier alpha value is -1.19. The third kappa shape index (κ3) is 2.25. The van der Waals surface area contributed by atoms with Crippen LogP contribution in [0.15, 0.2) is 41.9 Å². The van der Waals surface area contributed by atoms with Crippen LogP contribution in [0.25, 0.3) is 0 Å². The molecule has 2 N–H and O–H groups in total. The number of aromatic nitrogens is 1. The molecule has 0 amide bonds. The minimum atomic E-state index is -0.00704. The average molecular weight is 218 g/mol. The number of hydrogen-bond acceptors (Lipinski definition) is 3. The fourth-order valence-corrected chi connectivity index (χ4v) is 2.32. The van der Waals surface area contributed by atoms with E-state index in [2.05, 4.69) is 24.0 Å². The van der Waals surface area contributed by atoms with E-state index in [0.29, 0.717) is 5.92 Å². The molecule has 2 aromatic rings. The Morgan fingerprint density at radius 1 is 1.27 bits per heavy atom. The van der Waals surface area contributed by atoms with Gasteiger partial charge in [-0.15, -0.1) is 11.3 Å². The highest BCUT2D eigenvalue weighted by atomic mass is 32.1. The zero-order valence-corrected chi connectivity index (χ0v) is 9.45. The second-order valence-electron chi connectivity index (χ2n) is 3.60. The summed E-state index contributed by atoms with van der Waals surface area (Å²) in [5.41, 5.74) is 7.43. The summed E-state index contributed by atoms with van der Waals surface area (Å²) in [7, 11) is 0. The van der Waals surface area contributed by atoms with Crippen LogP contribution < -0.4 is 5.73 Å². The largest absolute Gasteiger partial charge is 0.321 e. The van der Waals surface area contributed by atoms with Crippen LogP contribution in [0.2, 0.25) is 0 Å². The van der Waals surface area contributed by atoms with Gasteiger partial charge in [-0.1, -0.05) is 37.3 Å². The van der Waals surface area contributed by atoms with E-state index in [4.69, 9.17) is 5.73 Å². The number of thiazole rings is 1. The van der Waals surface area contributed by atoms with Crippen molar-refractivity contribution in [1.82, 2.24) is 4.98 Å². The van der Waals surface area contributed by atoms with Crippen molar-refractivity contribution in [2.24, 2.45) is 5.73 Å². The van der Waals surface area contributed by atoms with Crippen molar-refractivity contribution in [3.05, 3.63) is 52.5 Å². The van der Waals surface area contributed by atoms with Crippen LogP contribution in [0.5, 0.6) is 0 Å². The van der Waals surface area contributed by atoms with E-state index in [1.54, 1.807) is 17.5 Å². The molecule has 1 aromatic carbocycles. The molecule has 2 unspecified atom stereocenters. The summed E-state index contributed by atoms with van der Waals surface area (Å²) < 4.78 is 0. The van der Waals surface area contributed by atoms with Crippen molar-refractivity contribution in [2.75, 3.05) is 0 Å². The Balaban J connectivity index is 2.18. The molecule has 2 rings (SSSR count). The van der Waals surface area contributed by atoms with E-state index in [-0.39, 0.29) is 6.04 Å². The van der Waals surface area contributed by atoms with Crippen LogP contribution in [-0.2, 0) is 0 Å². The first kappa shape index (κ1) is 10.3. The quantitative estimate of drug-likeness (QED) is 0.860. The molecule has 0 bridgehead atoms. The summed E-state index contributed by atoms with van der Waals surface area (Å²) in [6.07, 6.45) is 1.80. The van der Waals surface area contributed by atoms with Gasteiger partial charge in [-0.3, -0.25) is 0 Å². The highest BCUT2D eigenvalue weighted by Gasteiger charge is 2.18. The summed E-state index contributed by atoms with van der Waals surface area (Å²) in [6.45, 7) is 2.14. The van der Waals surface area contributed by atoms with Crippen LogP contribution in [0, 0.1) is 0 Å². The van der Waals surface area contributed by atoms with Gasteiger partial charge in [-0.2, -0.15) is 0 Å². The van der Waals surface area contributed by atoms with E-state index >= 15 is 0 Å². The van der Waals surface area contributed by atoms with Crippen LogP contribution in [-0.4, -0.2) is 4.98 Å². The van der Waals surface area contributed by atoms with Crippen molar-refractivity contribution >= 4 is 11.3 Å². The lowest BCUT2D eigenvalue weighted by molar-refractivity contribution is 0.594. The molecular formula is C12H14N2S. The maximum atomic E-state index is 6.16. The lowest BCUT2D eigenvalue weighted by atomic mass is 9.94. The predicted octanol–water partition coefficient (Wildman–Crippen LogP) is 2.95. The van der Waals surface area contributed by atoms with E-state index < -0.39 is 0 Å². The summed E-state index contributed by atoms with van der Waals surface area (Å²) >= 11 is 1.62. The monoisotopic (exact) mass is 218 g/mol. The van der Waals surface area contributed by atoms with Gasteiger partial charge < -0.3 is 5.73 Å². The van der Waals surface area contributed by atoms with Gasteiger partial charge >= 0.3 is 0 Å². The number of nitrogens with two attached hydrogens (primary N) is 1. The molecule has 3 heteroatoms. The fraction of sp³-hybridized carbons (Fsp3) is 0.250. The third-order valence-corrected chi connectivity index (χ3v) is 3.48. The third-order valence-electron chi connectivity index (χ3n) is 2.60. The maximum Gasteiger partial charge on any atom is 0.110 e. The van der Waals surface area contributed by atoms with Crippen LogP contribution in [0.1, 0.15) is 29.5 Å². The Bertz CT molecular complexity index is 397. The maximum absolute atomic E-state index is 6.16. The number of benzene rings is 1. The molecule has 0 radical (unpaired) electrons. The zero-order chi connectivity index (χ0) is 10.7. The first-order chi connectivity index (χ1) is 7.29. The minimum Gasteiger partial charge on any atom is -0.321 e. The smallest absolute Gasteiger partial charge is 0.110 e. The van der Waals surface area contributed by atoms with Gasteiger partial charge in [0.15, 0.2) is 0 Å². The number of rotatable bonds is 3. The van der Waals surface area contributed by atoms with Crippen molar-refractivity contribution in [3.63, 3.8) is 0 Å². The molecule has 0 aliphatic rings. The molecule has 0 spiro atoms. The van der Waals surface area contributed by atoms with Crippen molar-refractivity contribution in [2.45, 2.75) is 18.9 Å². The topological polar surface area (TPSA) is 38.9 Å². The standard InChI is InChI=1S/C12H14N2S/c1-9(10-5-3-2-4-6-10)11(13)12-14-7-8-15-12/h2-9,11H,13H2,1H3. The zero-order valence-electron chi connectivity index (χ0n) is 8.63. The molecule has 15 heavy (non-hydrogen) atoms. The second-order valence-corrected chi connectivity index (χ2v) is 4.52. The van der Waals surface area contributed by atoms with E-state index in [1.807, 2.05) is 23.6 Å². The summed E-state index contributed by atoms with van der Waals surface area (Å²) in [5.74, 6) is 0.303. The Morgan fingerprint density at radius 2 is 2.00 bits per heavy atom. The van der Waals surface area contributed by atoms with E-state index in [0.717, 1.165) is 5.01 Å². The lowest BCUT2D eigenvalue weighted by Crippen LogP contribution is -2.17. The molecular weight excluding hydrogens is 204 g/mol. The summed E-state index contributed by atoms with van der Waals surface area (Å²) in [5, 5.41) is 2.97. The number of hydrogen-bond donors (Lipinski definition) is 1. The Kier molecular flexibility index (Phi) is 3.14. The molecule has 0 saturated carbocycles. The number of nitrogens with zero attached hydrogens (tertiary/aromatic N) is 1. The molecule has 0 aliphatic heterocycles. The highest BCUT2D eigenvalue weighted by Crippen LogP contribution is 2.29. The van der Waals surface area contributed by atoms with Gasteiger partial charge in [0.1, 0.15) is 5.01 Å². The molecule has 78 valence electrons. The molecule has 1 heterocycles. The van der Waals surface area contributed by atoms with Gasteiger partial charge in [-0.05, 0) is 5.56 Å². The summed E-state index contributed by atoms with van der Waals surface area (Å²) in [6, 6.07) is 10.3. The van der Waals surface area contributed by atoms with Gasteiger partial charge in [-0.25, -0.2) is 4.98 Å². The van der Waals surface area contributed by atoms with Gasteiger partial charge in [0, 0.05) is 17.5 Å². The minimum absolute atomic E-state index is 0.00704.